The topological polar surface area (TPSA) is 66.4 Å². The Hall–Kier alpha value is -0.390. The molecule has 0 atom stereocenters. The first kappa shape index (κ1) is 7.61. The highest BCUT2D eigenvalue weighted by atomic mass is 32.2. The molecule has 0 aromatic rings. The van der Waals surface area contributed by atoms with Gasteiger partial charge in [-0.25, -0.2) is 0 Å². The molecule has 0 aromatic heterocycles. The van der Waals surface area contributed by atoms with Crippen LogP contribution in [0.1, 0.15) is 0 Å². The van der Waals surface area contributed by atoms with Gasteiger partial charge in [0.25, 0.3) is 0 Å². The predicted molar refractivity (Wildman–Crippen MR) is 29.7 cm³/mol. The Morgan fingerprint density at radius 1 is 1.75 bits per heavy atom. The van der Waals surface area contributed by atoms with E-state index in [1.807, 2.05) is 0 Å². The van der Waals surface area contributed by atoms with Crippen molar-refractivity contribution in [1.82, 2.24) is 4.72 Å². The summed E-state index contributed by atoms with van der Waals surface area (Å²) in [4.78, 5) is 0. The lowest BCUT2D eigenvalue weighted by atomic mass is 10.7. The fourth-order valence-corrected chi connectivity index (χ4v) is 0.493. The van der Waals surface area contributed by atoms with Gasteiger partial charge in [0.1, 0.15) is 0 Å². The molecule has 0 amide bonds. The van der Waals surface area contributed by atoms with Crippen LogP contribution in [0, 0.1) is 0 Å². The summed E-state index contributed by atoms with van der Waals surface area (Å²) in [5.41, 5.74) is 0. The summed E-state index contributed by atoms with van der Waals surface area (Å²) in [5, 5.41) is 0. The summed E-state index contributed by atoms with van der Waals surface area (Å²) >= 11 is 0. The van der Waals surface area contributed by atoms with Gasteiger partial charge in [-0.1, -0.05) is 6.08 Å². The van der Waals surface area contributed by atoms with Crippen LogP contribution in [0.3, 0.4) is 0 Å². The largest absolute Gasteiger partial charge is 0.333 e. The van der Waals surface area contributed by atoms with Crippen molar-refractivity contribution in [2.45, 2.75) is 0 Å². The molecule has 0 aromatic carbocycles. The van der Waals surface area contributed by atoms with Crippen molar-refractivity contribution in [3.63, 3.8) is 0 Å². The van der Waals surface area contributed by atoms with Crippen LogP contribution in [-0.2, 0) is 10.3 Å². The molecule has 0 fully saturated rings. The van der Waals surface area contributed by atoms with Gasteiger partial charge in [0.2, 0.25) is 0 Å². The third-order valence-corrected chi connectivity index (χ3v) is 0.942. The summed E-state index contributed by atoms with van der Waals surface area (Å²) in [7, 11) is -4.01. The minimum atomic E-state index is -4.01. The molecule has 48 valence electrons. The Balaban J connectivity index is 3.57. The SMILES string of the molecule is C=CCNS(=O)(=O)O. The van der Waals surface area contributed by atoms with Crippen LogP contribution in [0.4, 0.5) is 0 Å². The van der Waals surface area contributed by atoms with E-state index >= 15 is 0 Å². The predicted octanol–water partition coefficient (Wildman–Crippen LogP) is -0.435. The molecule has 0 rings (SSSR count). The normalized spacial score (nSPS) is 11.1. The van der Waals surface area contributed by atoms with E-state index in [0.717, 1.165) is 0 Å². The van der Waals surface area contributed by atoms with Crippen LogP contribution in [0.5, 0.6) is 0 Å². The number of hydrogen-bond acceptors (Lipinski definition) is 2. The van der Waals surface area contributed by atoms with Gasteiger partial charge >= 0.3 is 10.3 Å². The van der Waals surface area contributed by atoms with E-state index in [2.05, 4.69) is 6.58 Å². The second-order valence-corrected chi connectivity index (χ2v) is 2.35. The summed E-state index contributed by atoms with van der Waals surface area (Å²) in [6.07, 6.45) is 1.33. The minimum absolute atomic E-state index is 0.0544. The molecule has 0 spiro atoms. The van der Waals surface area contributed by atoms with Gasteiger partial charge in [-0.05, 0) is 0 Å². The zero-order chi connectivity index (χ0) is 6.62. The molecular weight excluding hydrogens is 130 g/mol. The number of hydrogen-bond donors (Lipinski definition) is 2. The van der Waals surface area contributed by atoms with Crippen molar-refractivity contribution < 1.29 is 13.0 Å². The molecule has 0 saturated carbocycles. The molecule has 0 heterocycles. The quantitative estimate of drug-likeness (QED) is 0.409. The van der Waals surface area contributed by atoms with Crippen LogP contribution in [-0.4, -0.2) is 19.5 Å². The summed E-state index contributed by atoms with van der Waals surface area (Å²) < 4.78 is 29.3. The smallest absolute Gasteiger partial charge is 0.273 e. The van der Waals surface area contributed by atoms with Crippen molar-refractivity contribution in [1.29, 1.82) is 0 Å². The second kappa shape index (κ2) is 2.81. The summed E-state index contributed by atoms with van der Waals surface area (Å²) in [5.74, 6) is 0. The van der Waals surface area contributed by atoms with Crippen molar-refractivity contribution in [2.75, 3.05) is 6.54 Å². The van der Waals surface area contributed by atoms with Crippen molar-refractivity contribution >= 4 is 10.3 Å². The van der Waals surface area contributed by atoms with E-state index < -0.39 is 10.3 Å². The average Bonchev–Trinajstić information content (AvgIpc) is 1.59. The lowest BCUT2D eigenvalue weighted by molar-refractivity contribution is 0.471. The first-order valence-electron chi connectivity index (χ1n) is 1.89. The van der Waals surface area contributed by atoms with E-state index in [-0.39, 0.29) is 6.54 Å². The van der Waals surface area contributed by atoms with Gasteiger partial charge in [0.05, 0.1) is 0 Å². The van der Waals surface area contributed by atoms with Gasteiger partial charge in [0, 0.05) is 6.54 Å². The fourth-order valence-electron chi connectivity index (χ4n) is 0.164. The van der Waals surface area contributed by atoms with Crippen LogP contribution in [0.25, 0.3) is 0 Å². The van der Waals surface area contributed by atoms with E-state index in [1.165, 1.54) is 6.08 Å². The molecule has 0 unspecified atom stereocenters. The monoisotopic (exact) mass is 137 g/mol. The van der Waals surface area contributed by atoms with Crippen molar-refractivity contribution in [3.8, 4) is 0 Å². The van der Waals surface area contributed by atoms with Crippen LogP contribution >= 0.6 is 0 Å². The van der Waals surface area contributed by atoms with E-state index in [9.17, 15) is 8.42 Å². The molecule has 0 aliphatic rings. The Morgan fingerprint density at radius 3 is 2.38 bits per heavy atom. The first-order valence-corrected chi connectivity index (χ1v) is 3.33. The fraction of sp³-hybridized carbons (Fsp3) is 0.333. The third kappa shape index (κ3) is 5.61. The van der Waals surface area contributed by atoms with Crippen LogP contribution < -0.4 is 4.72 Å². The molecule has 8 heavy (non-hydrogen) atoms. The molecule has 0 saturated heterocycles. The second-order valence-electron chi connectivity index (χ2n) is 1.11. The highest BCUT2D eigenvalue weighted by Gasteiger charge is 1.96. The van der Waals surface area contributed by atoms with E-state index in [4.69, 9.17) is 4.55 Å². The standard InChI is InChI=1S/C3H7NO3S/c1-2-3-4-8(5,6)7/h2,4H,1,3H2,(H,5,6,7). The highest BCUT2D eigenvalue weighted by Crippen LogP contribution is 1.69. The Morgan fingerprint density at radius 2 is 2.25 bits per heavy atom. The van der Waals surface area contributed by atoms with E-state index in [0.29, 0.717) is 0 Å². The lowest BCUT2D eigenvalue weighted by Gasteiger charge is -1.91. The third-order valence-electron chi connectivity index (χ3n) is 0.410. The number of rotatable bonds is 3. The van der Waals surface area contributed by atoms with Gasteiger partial charge in [-0.2, -0.15) is 13.1 Å². The summed E-state index contributed by atoms with van der Waals surface area (Å²) in [6, 6.07) is 0. The van der Waals surface area contributed by atoms with Crippen molar-refractivity contribution in [3.05, 3.63) is 12.7 Å². The first-order chi connectivity index (χ1) is 3.56. The number of nitrogens with one attached hydrogen (secondary N) is 1. The van der Waals surface area contributed by atoms with Gasteiger partial charge in [-0.3, -0.25) is 4.55 Å². The maximum absolute atomic E-state index is 9.79. The Labute approximate surface area is 48.1 Å². The minimum Gasteiger partial charge on any atom is -0.273 e. The van der Waals surface area contributed by atoms with Crippen LogP contribution in [0.15, 0.2) is 12.7 Å². The Kier molecular flexibility index (Phi) is 2.67. The zero-order valence-electron chi connectivity index (χ0n) is 4.16. The van der Waals surface area contributed by atoms with Gasteiger partial charge in [-0.15, -0.1) is 6.58 Å². The van der Waals surface area contributed by atoms with E-state index in [1.54, 1.807) is 4.72 Å². The molecule has 0 bridgehead atoms. The molecule has 0 aliphatic heterocycles. The molecular formula is C3H7NO3S. The van der Waals surface area contributed by atoms with Crippen molar-refractivity contribution in [2.24, 2.45) is 0 Å². The lowest BCUT2D eigenvalue weighted by Crippen LogP contribution is -2.21. The zero-order valence-corrected chi connectivity index (χ0v) is 4.98. The maximum atomic E-state index is 9.79. The van der Waals surface area contributed by atoms with Gasteiger partial charge < -0.3 is 0 Å². The van der Waals surface area contributed by atoms with Crippen LogP contribution in [0.2, 0.25) is 0 Å². The maximum Gasteiger partial charge on any atom is 0.333 e. The molecule has 5 heteroatoms. The molecule has 0 aliphatic carbocycles. The average molecular weight is 137 g/mol. The molecule has 4 nitrogen and oxygen atoms in total. The molecule has 0 radical (unpaired) electrons. The summed E-state index contributed by atoms with van der Waals surface area (Å²) in [6.45, 7) is 3.28. The highest BCUT2D eigenvalue weighted by molar-refractivity contribution is 7.83. The Bertz CT molecular complexity index is 159. The van der Waals surface area contributed by atoms with Gasteiger partial charge in [0.15, 0.2) is 0 Å². The molecule has 2 N–H and O–H groups in total.